The number of aromatic nitrogens is 5. The van der Waals surface area contributed by atoms with Crippen molar-refractivity contribution in [1.82, 2.24) is 24.8 Å². The summed E-state index contributed by atoms with van der Waals surface area (Å²) in [6.45, 7) is 1.85. The average molecular weight is 273 g/mol. The normalized spacial score (nSPS) is 10.8. The first-order valence-electron chi connectivity index (χ1n) is 5.65. The zero-order valence-electron chi connectivity index (χ0n) is 10.4. The monoisotopic (exact) mass is 273 g/mol. The lowest BCUT2D eigenvalue weighted by atomic mass is 10.2. The first kappa shape index (κ1) is 11.8. The topological polar surface area (TPSA) is 68.1 Å². The lowest BCUT2D eigenvalue weighted by Crippen LogP contribution is -1.98. The second-order valence-electron chi connectivity index (χ2n) is 4.01. The summed E-state index contributed by atoms with van der Waals surface area (Å²) < 4.78 is 7.13. The molecule has 0 saturated heterocycles. The number of hydrogen-bond donors (Lipinski definition) is 1. The molecule has 7 heteroatoms. The molecule has 2 aromatic heterocycles. The minimum absolute atomic E-state index is 0.424. The number of nitrogens with zero attached hydrogens (tertiary/aromatic N) is 4. The van der Waals surface area contributed by atoms with E-state index >= 15 is 0 Å². The summed E-state index contributed by atoms with van der Waals surface area (Å²) in [7, 11) is 1.63. The molecular formula is C12H11N5OS. The van der Waals surface area contributed by atoms with Crippen LogP contribution in [0.1, 0.15) is 5.69 Å². The van der Waals surface area contributed by atoms with Gasteiger partial charge in [0.2, 0.25) is 4.77 Å². The van der Waals surface area contributed by atoms with Crippen molar-refractivity contribution in [2.45, 2.75) is 6.92 Å². The van der Waals surface area contributed by atoms with E-state index in [1.54, 1.807) is 11.6 Å². The van der Waals surface area contributed by atoms with Crippen molar-refractivity contribution in [3.05, 3.63) is 34.7 Å². The van der Waals surface area contributed by atoms with E-state index in [1.807, 2.05) is 31.2 Å². The fourth-order valence-corrected chi connectivity index (χ4v) is 1.95. The van der Waals surface area contributed by atoms with Gasteiger partial charge in [-0.2, -0.15) is 9.61 Å². The second kappa shape index (κ2) is 4.43. The Hall–Kier alpha value is -2.28. The van der Waals surface area contributed by atoms with Gasteiger partial charge in [0, 0.05) is 5.56 Å². The van der Waals surface area contributed by atoms with E-state index in [1.165, 1.54) is 0 Å². The highest BCUT2D eigenvalue weighted by molar-refractivity contribution is 7.71. The second-order valence-corrected chi connectivity index (χ2v) is 4.40. The number of methoxy groups -OCH3 is 1. The zero-order chi connectivity index (χ0) is 13.4. The Morgan fingerprint density at radius 3 is 2.63 bits per heavy atom. The first-order chi connectivity index (χ1) is 9.19. The Morgan fingerprint density at radius 1 is 1.26 bits per heavy atom. The number of nitrogens with one attached hydrogen (secondary N) is 1. The molecule has 0 atom stereocenters. The van der Waals surface area contributed by atoms with Crippen molar-refractivity contribution >= 4 is 17.9 Å². The molecule has 1 aromatic carbocycles. The number of ether oxygens (including phenoxy) is 1. The third kappa shape index (κ3) is 1.97. The first-order valence-corrected chi connectivity index (χ1v) is 6.06. The van der Waals surface area contributed by atoms with Crippen LogP contribution in [0.2, 0.25) is 0 Å². The number of aromatic amines is 1. The van der Waals surface area contributed by atoms with E-state index in [9.17, 15) is 0 Å². The highest BCUT2D eigenvalue weighted by Crippen LogP contribution is 2.20. The molecule has 0 amide bonds. The molecule has 6 nitrogen and oxygen atoms in total. The van der Waals surface area contributed by atoms with Gasteiger partial charge >= 0.3 is 0 Å². The molecule has 19 heavy (non-hydrogen) atoms. The van der Waals surface area contributed by atoms with Crippen molar-refractivity contribution in [1.29, 1.82) is 0 Å². The Kier molecular flexibility index (Phi) is 2.75. The van der Waals surface area contributed by atoms with E-state index in [-0.39, 0.29) is 0 Å². The predicted molar refractivity (Wildman–Crippen MR) is 72.7 cm³/mol. The van der Waals surface area contributed by atoms with E-state index in [0.29, 0.717) is 16.2 Å². The average Bonchev–Trinajstić information content (AvgIpc) is 2.89. The molecule has 0 saturated carbocycles. The largest absolute Gasteiger partial charge is 0.497 e. The van der Waals surface area contributed by atoms with Crippen molar-refractivity contribution in [2.75, 3.05) is 7.11 Å². The molecular weight excluding hydrogens is 262 g/mol. The van der Waals surface area contributed by atoms with E-state index in [2.05, 4.69) is 20.3 Å². The fourth-order valence-electron chi connectivity index (χ4n) is 1.78. The van der Waals surface area contributed by atoms with Crippen LogP contribution >= 0.6 is 12.2 Å². The Morgan fingerprint density at radius 2 is 2.00 bits per heavy atom. The van der Waals surface area contributed by atoms with Crippen molar-refractivity contribution in [3.8, 4) is 17.1 Å². The quantitative estimate of drug-likeness (QED) is 0.725. The molecule has 0 radical (unpaired) electrons. The Labute approximate surface area is 114 Å². The zero-order valence-corrected chi connectivity index (χ0v) is 11.2. The summed E-state index contributed by atoms with van der Waals surface area (Å²) in [5.74, 6) is 1.40. The maximum atomic E-state index is 5.14. The lowest BCUT2D eigenvalue weighted by molar-refractivity contribution is 0.415. The number of fused-ring (bicyclic) bond motifs is 1. The Balaban J connectivity index is 2.17. The molecule has 0 bridgehead atoms. The SMILES string of the molecule is COc1ccc(-c2nc3c(C)n[nH]c(=S)n3n2)cc1. The number of hydrogen-bond acceptors (Lipinski definition) is 5. The minimum Gasteiger partial charge on any atom is -0.497 e. The van der Waals surface area contributed by atoms with E-state index in [4.69, 9.17) is 17.0 Å². The Bertz CT molecular complexity index is 790. The number of rotatable bonds is 2. The van der Waals surface area contributed by atoms with Gasteiger partial charge in [-0.3, -0.25) is 5.10 Å². The molecule has 0 unspecified atom stereocenters. The third-order valence-electron chi connectivity index (χ3n) is 2.79. The minimum atomic E-state index is 0.424. The number of aryl methyl sites for hydroxylation is 1. The van der Waals surface area contributed by atoms with Crippen molar-refractivity contribution in [2.24, 2.45) is 0 Å². The van der Waals surface area contributed by atoms with Gasteiger partial charge in [0.05, 0.1) is 7.11 Å². The van der Waals surface area contributed by atoms with Crippen LogP contribution in [0, 0.1) is 11.7 Å². The molecule has 2 heterocycles. The van der Waals surface area contributed by atoms with Gasteiger partial charge in [0.1, 0.15) is 11.4 Å². The standard InChI is InChI=1S/C12H11N5OS/c1-7-11-13-10(16-17(11)12(19)15-14-7)8-3-5-9(18-2)6-4-8/h3-6H,1-2H3,(H,15,19). The van der Waals surface area contributed by atoms with Gasteiger partial charge in [-0.15, -0.1) is 5.10 Å². The number of benzene rings is 1. The van der Waals surface area contributed by atoms with Crippen LogP contribution in [0.15, 0.2) is 24.3 Å². The predicted octanol–water partition coefficient (Wildman–Crippen LogP) is 2.17. The van der Waals surface area contributed by atoms with Gasteiger partial charge in [0.25, 0.3) is 0 Å². The summed E-state index contributed by atoms with van der Waals surface area (Å²) in [6.07, 6.45) is 0. The van der Waals surface area contributed by atoms with Crippen molar-refractivity contribution in [3.63, 3.8) is 0 Å². The van der Waals surface area contributed by atoms with Crippen LogP contribution in [0.3, 0.4) is 0 Å². The third-order valence-corrected chi connectivity index (χ3v) is 3.05. The molecule has 0 aliphatic carbocycles. The van der Waals surface area contributed by atoms with Gasteiger partial charge < -0.3 is 4.74 Å². The summed E-state index contributed by atoms with van der Waals surface area (Å²) >= 11 is 5.14. The number of H-pyrrole nitrogens is 1. The fraction of sp³-hybridized carbons (Fsp3) is 0.167. The van der Waals surface area contributed by atoms with Crippen LogP contribution < -0.4 is 4.74 Å². The van der Waals surface area contributed by atoms with Crippen LogP contribution in [0.5, 0.6) is 5.75 Å². The molecule has 1 N–H and O–H groups in total. The summed E-state index contributed by atoms with van der Waals surface area (Å²) in [5.41, 5.74) is 2.31. The molecule has 3 rings (SSSR count). The molecule has 3 aromatic rings. The summed E-state index contributed by atoms with van der Waals surface area (Å²) in [5, 5.41) is 11.2. The van der Waals surface area contributed by atoms with Gasteiger partial charge in [-0.05, 0) is 43.4 Å². The van der Waals surface area contributed by atoms with Crippen molar-refractivity contribution < 1.29 is 4.74 Å². The van der Waals surface area contributed by atoms with Crippen LogP contribution in [0.4, 0.5) is 0 Å². The molecule has 0 aliphatic heterocycles. The molecule has 0 spiro atoms. The molecule has 0 fully saturated rings. The maximum Gasteiger partial charge on any atom is 0.216 e. The van der Waals surface area contributed by atoms with E-state index in [0.717, 1.165) is 17.0 Å². The van der Waals surface area contributed by atoms with Gasteiger partial charge in [-0.1, -0.05) is 0 Å². The van der Waals surface area contributed by atoms with Gasteiger partial charge in [0.15, 0.2) is 11.5 Å². The maximum absolute atomic E-state index is 5.14. The highest BCUT2D eigenvalue weighted by Gasteiger charge is 2.10. The lowest BCUT2D eigenvalue weighted by Gasteiger charge is -1.99. The van der Waals surface area contributed by atoms with Crippen LogP contribution in [0.25, 0.3) is 17.0 Å². The van der Waals surface area contributed by atoms with Gasteiger partial charge in [-0.25, -0.2) is 4.98 Å². The highest BCUT2D eigenvalue weighted by atomic mass is 32.1. The molecule has 0 aliphatic rings. The van der Waals surface area contributed by atoms with Crippen LogP contribution in [-0.2, 0) is 0 Å². The summed E-state index contributed by atoms with van der Waals surface area (Å²) in [4.78, 5) is 4.46. The summed E-state index contributed by atoms with van der Waals surface area (Å²) in [6, 6.07) is 7.55. The smallest absolute Gasteiger partial charge is 0.216 e. The van der Waals surface area contributed by atoms with Crippen LogP contribution in [-0.4, -0.2) is 31.9 Å². The van der Waals surface area contributed by atoms with E-state index < -0.39 is 0 Å². The molecule has 96 valence electrons.